The van der Waals surface area contributed by atoms with Gasteiger partial charge in [-0.3, -0.25) is 9.78 Å². The van der Waals surface area contributed by atoms with Crippen molar-refractivity contribution in [3.05, 3.63) is 53.9 Å². The minimum atomic E-state index is -4.61. The van der Waals surface area contributed by atoms with Crippen molar-refractivity contribution in [3.8, 4) is 17.2 Å². The van der Waals surface area contributed by atoms with Gasteiger partial charge < -0.3 is 10.6 Å². The summed E-state index contributed by atoms with van der Waals surface area (Å²) in [6, 6.07) is 9.67. The molecular formula is C22H18F3N5O. The number of fused-ring (bicyclic) bond motifs is 1. The van der Waals surface area contributed by atoms with Crippen molar-refractivity contribution < 1.29 is 18.0 Å². The number of hydrogen-bond acceptors (Lipinski definition) is 5. The lowest BCUT2D eigenvalue weighted by molar-refractivity contribution is -0.137. The van der Waals surface area contributed by atoms with Gasteiger partial charge in [-0.25, -0.2) is 4.98 Å². The van der Waals surface area contributed by atoms with Gasteiger partial charge in [-0.1, -0.05) is 12.1 Å². The number of aromatic nitrogens is 2. The van der Waals surface area contributed by atoms with E-state index >= 15 is 0 Å². The lowest BCUT2D eigenvalue weighted by Gasteiger charge is -2.33. The Morgan fingerprint density at radius 1 is 1.19 bits per heavy atom. The molecule has 0 radical (unpaired) electrons. The van der Waals surface area contributed by atoms with E-state index in [1.54, 1.807) is 29.2 Å². The molecule has 0 saturated carbocycles. The number of piperidine rings is 1. The van der Waals surface area contributed by atoms with Crippen LogP contribution in [-0.2, 0) is 11.0 Å². The van der Waals surface area contributed by atoms with Crippen LogP contribution in [0.2, 0.25) is 0 Å². The number of alkyl halides is 3. The first-order valence-corrected chi connectivity index (χ1v) is 9.69. The first-order chi connectivity index (χ1) is 14.8. The third-order valence-corrected chi connectivity index (χ3v) is 5.57. The van der Waals surface area contributed by atoms with Crippen LogP contribution in [-0.4, -0.2) is 29.0 Å². The number of pyridine rings is 2. The normalized spacial score (nSPS) is 15.1. The van der Waals surface area contributed by atoms with E-state index in [0.29, 0.717) is 34.9 Å². The average molecular weight is 425 g/mol. The fourth-order valence-corrected chi connectivity index (χ4v) is 3.96. The third kappa shape index (κ3) is 3.89. The summed E-state index contributed by atoms with van der Waals surface area (Å²) >= 11 is 0. The smallest absolute Gasteiger partial charge is 0.369 e. The molecule has 1 amide bonds. The number of primary amides is 1. The molecule has 1 aromatic carbocycles. The highest BCUT2D eigenvalue weighted by molar-refractivity contribution is 5.97. The molecule has 2 N–H and O–H groups in total. The molecule has 6 nitrogen and oxygen atoms in total. The summed E-state index contributed by atoms with van der Waals surface area (Å²) in [6.07, 6.45) is -0.896. The van der Waals surface area contributed by atoms with Crippen LogP contribution in [0.3, 0.4) is 0 Å². The lowest BCUT2D eigenvalue weighted by Crippen LogP contribution is -2.39. The van der Waals surface area contributed by atoms with Crippen LogP contribution in [0, 0.1) is 17.2 Å². The number of rotatable bonds is 3. The molecule has 9 heteroatoms. The van der Waals surface area contributed by atoms with Crippen LogP contribution in [0.25, 0.3) is 22.0 Å². The Bertz CT molecular complexity index is 1190. The second-order valence-electron chi connectivity index (χ2n) is 7.43. The van der Waals surface area contributed by atoms with E-state index in [4.69, 9.17) is 5.73 Å². The number of nitrogens with zero attached hydrogens (tertiary/aromatic N) is 4. The molecule has 4 rings (SSSR count). The van der Waals surface area contributed by atoms with Gasteiger partial charge in [-0.15, -0.1) is 0 Å². The van der Waals surface area contributed by atoms with Crippen molar-refractivity contribution in [1.82, 2.24) is 9.97 Å². The Morgan fingerprint density at radius 2 is 1.94 bits per heavy atom. The average Bonchev–Trinajstić information content (AvgIpc) is 2.77. The minimum Gasteiger partial charge on any atom is -0.369 e. The first-order valence-electron chi connectivity index (χ1n) is 9.69. The molecule has 0 spiro atoms. The van der Waals surface area contributed by atoms with Gasteiger partial charge in [0.25, 0.3) is 0 Å². The monoisotopic (exact) mass is 425 g/mol. The summed E-state index contributed by atoms with van der Waals surface area (Å²) in [5.41, 5.74) is 6.04. The number of carbonyl (C=O) groups is 1. The molecule has 3 heterocycles. The van der Waals surface area contributed by atoms with E-state index in [0.717, 1.165) is 6.07 Å². The zero-order chi connectivity index (χ0) is 22.2. The van der Waals surface area contributed by atoms with Crippen LogP contribution >= 0.6 is 0 Å². The number of carbonyl (C=O) groups excluding carboxylic acids is 1. The van der Waals surface area contributed by atoms with Gasteiger partial charge in [-0.05, 0) is 36.6 Å². The second kappa shape index (κ2) is 7.87. The number of halogens is 3. The summed E-state index contributed by atoms with van der Waals surface area (Å²) in [6.45, 7) is 0.541. The van der Waals surface area contributed by atoms with Crippen molar-refractivity contribution in [2.24, 2.45) is 11.7 Å². The molecule has 2 aromatic heterocycles. The van der Waals surface area contributed by atoms with Crippen molar-refractivity contribution in [2.45, 2.75) is 19.0 Å². The lowest BCUT2D eigenvalue weighted by atomic mass is 9.95. The predicted octanol–water partition coefficient (Wildman–Crippen LogP) is 3.89. The standard InChI is InChI=1S/C22H18F3N5O/c23-22(24,25)18-10-15(12-29-21(18)30-8-5-13(6-9-30)20(27)31)16-4-3-14(11-26)19-17(16)2-1-7-28-19/h1-4,7,10,12-13H,5-6,8-9H2,(H2,27,31). The maximum atomic E-state index is 13.9. The van der Waals surface area contributed by atoms with Gasteiger partial charge in [0.15, 0.2) is 0 Å². The molecule has 0 atom stereocenters. The molecule has 158 valence electrons. The predicted molar refractivity (Wildman–Crippen MR) is 109 cm³/mol. The molecule has 31 heavy (non-hydrogen) atoms. The Morgan fingerprint density at radius 3 is 2.58 bits per heavy atom. The van der Waals surface area contributed by atoms with Crippen molar-refractivity contribution in [2.75, 3.05) is 18.0 Å². The van der Waals surface area contributed by atoms with Gasteiger partial charge in [0.1, 0.15) is 11.9 Å². The number of benzene rings is 1. The molecule has 1 saturated heterocycles. The SMILES string of the molecule is N#Cc1ccc(-c2cnc(N3CCC(C(N)=O)CC3)c(C(F)(F)F)c2)c2cccnc12. The number of hydrogen-bond donors (Lipinski definition) is 1. The molecule has 1 aliphatic heterocycles. The van der Waals surface area contributed by atoms with Gasteiger partial charge in [0, 0.05) is 42.4 Å². The second-order valence-corrected chi connectivity index (χ2v) is 7.43. The molecule has 1 fully saturated rings. The number of anilines is 1. The molecular weight excluding hydrogens is 407 g/mol. The fourth-order valence-electron chi connectivity index (χ4n) is 3.96. The third-order valence-electron chi connectivity index (χ3n) is 5.57. The van der Waals surface area contributed by atoms with E-state index in [9.17, 15) is 23.2 Å². The van der Waals surface area contributed by atoms with Crippen LogP contribution in [0.15, 0.2) is 42.7 Å². The highest BCUT2D eigenvalue weighted by Gasteiger charge is 2.37. The molecule has 0 bridgehead atoms. The number of nitrogens with two attached hydrogens (primary N) is 1. The summed E-state index contributed by atoms with van der Waals surface area (Å²) in [7, 11) is 0. The maximum Gasteiger partial charge on any atom is 0.419 e. The molecule has 0 aliphatic carbocycles. The van der Waals surface area contributed by atoms with E-state index in [2.05, 4.69) is 16.0 Å². The minimum absolute atomic E-state index is 0.157. The van der Waals surface area contributed by atoms with Crippen molar-refractivity contribution in [3.63, 3.8) is 0 Å². The highest BCUT2D eigenvalue weighted by atomic mass is 19.4. The Kier molecular flexibility index (Phi) is 5.23. The highest BCUT2D eigenvalue weighted by Crippen LogP contribution is 2.40. The van der Waals surface area contributed by atoms with E-state index < -0.39 is 17.6 Å². The van der Waals surface area contributed by atoms with Crippen molar-refractivity contribution in [1.29, 1.82) is 5.26 Å². The zero-order valence-electron chi connectivity index (χ0n) is 16.4. The topological polar surface area (TPSA) is 95.9 Å². The van der Waals surface area contributed by atoms with Crippen LogP contribution in [0.1, 0.15) is 24.0 Å². The van der Waals surface area contributed by atoms with Crippen LogP contribution < -0.4 is 10.6 Å². The van der Waals surface area contributed by atoms with Crippen LogP contribution in [0.5, 0.6) is 0 Å². The Labute approximate surface area is 176 Å². The first kappa shape index (κ1) is 20.6. The maximum absolute atomic E-state index is 13.9. The van der Waals surface area contributed by atoms with E-state index in [-0.39, 0.29) is 30.4 Å². The zero-order valence-corrected chi connectivity index (χ0v) is 16.4. The van der Waals surface area contributed by atoms with Gasteiger partial charge in [0.2, 0.25) is 5.91 Å². The van der Waals surface area contributed by atoms with Gasteiger partial charge in [-0.2, -0.15) is 18.4 Å². The Balaban J connectivity index is 1.78. The van der Waals surface area contributed by atoms with E-state index in [1.165, 1.54) is 12.4 Å². The molecule has 0 unspecified atom stereocenters. The van der Waals surface area contributed by atoms with Crippen LogP contribution in [0.4, 0.5) is 19.0 Å². The number of nitriles is 1. The summed E-state index contributed by atoms with van der Waals surface area (Å²) < 4.78 is 41.8. The summed E-state index contributed by atoms with van der Waals surface area (Å²) in [5, 5.41) is 9.87. The van der Waals surface area contributed by atoms with Gasteiger partial charge >= 0.3 is 6.18 Å². The van der Waals surface area contributed by atoms with Crippen molar-refractivity contribution >= 4 is 22.6 Å². The quantitative estimate of drug-likeness (QED) is 0.687. The Hall–Kier alpha value is -3.67. The molecule has 3 aromatic rings. The summed E-state index contributed by atoms with van der Waals surface area (Å²) in [4.78, 5) is 21.3. The van der Waals surface area contributed by atoms with Gasteiger partial charge in [0.05, 0.1) is 16.6 Å². The fraction of sp³-hybridized carbons (Fsp3) is 0.273. The summed E-state index contributed by atoms with van der Waals surface area (Å²) in [5.74, 6) is -0.919. The van der Waals surface area contributed by atoms with E-state index in [1.807, 2.05) is 0 Å². The molecule has 1 aliphatic rings. The largest absolute Gasteiger partial charge is 0.419 e. The number of amides is 1.